The third-order valence-electron chi connectivity index (χ3n) is 2.35. The lowest BCUT2D eigenvalue weighted by Crippen LogP contribution is -2.06. The average Bonchev–Trinajstić information content (AvgIpc) is 2.74. The van der Waals surface area contributed by atoms with Gasteiger partial charge >= 0.3 is 12.1 Å². The van der Waals surface area contributed by atoms with Crippen LogP contribution in [0.15, 0.2) is 28.9 Å². The monoisotopic (exact) mass is 349 g/mol. The van der Waals surface area contributed by atoms with Crippen molar-refractivity contribution in [2.24, 2.45) is 0 Å². The molecule has 0 aliphatic heterocycles. The normalized spacial score (nSPS) is 11.6. The fraction of sp³-hybridized carbons (Fsp3) is 0.182. The first-order valence-corrected chi connectivity index (χ1v) is 6.06. The van der Waals surface area contributed by atoms with Gasteiger partial charge in [0.1, 0.15) is 0 Å². The number of rotatable bonds is 3. The number of carboxylic acids is 1. The van der Waals surface area contributed by atoms with Gasteiger partial charge in [0, 0.05) is 4.47 Å². The van der Waals surface area contributed by atoms with Crippen LogP contribution in [0.4, 0.5) is 13.2 Å². The largest absolute Gasteiger partial charge is 0.481 e. The number of carbonyl (C=O) groups is 1. The molecule has 0 radical (unpaired) electrons. The molecule has 0 atom stereocenters. The van der Waals surface area contributed by atoms with Crippen LogP contribution in [0.2, 0.25) is 0 Å². The molecule has 0 fully saturated rings. The summed E-state index contributed by atoms with van der Waals surface area (Å²) in [5.74, 6) is -1.10. The maximum absolute atomic E-state index is 12.7. The van der Waals surface area contributed by atoms with E-state index in [2.05, 4.69) is 26.2 Å². The fourth-order valence-corrected chi connectivity index (χ4v) is 2.01. The van der Waals surface area contributed by atoms with Gasteiger partial charge in [0.05, 0.1) is 29.6 Å². The second kappa shape index (κ2) is 5.23. The highest BCUT2D eigenvalue weighted by Gasteiger charge is 2.31. The maximum atomic E-state index is 12.7. The van der Waals surface area contributed by atoms with E-state index in [1.54, 1.807) is 0 Å². The molecule has 2 rings (SSSR count). The standard InChI is InChI=1S/C11H7BrF3N3O2/c12-7-1-6(11(13,14)15)2-9(3-7)18-5-8(16-17-18)4-10(19)20/h1-3,5H,4H2,(H,19,20). The third kappa shape index (κ3) is 3.35. The molecule has 9 heteroatoms. The molecule has 0 aliphatic rings. The van der Waals surface area contributed by atoms with Crippen LogP contribution in [0.3, 0.4) is 0 Å². The van der Waals surface area contributed by atoms with E-state index in [9.17, 15) is 18.0 Å². The molecule has 106 valence electrons. The van der Waals surface area contributed by atoms with Crippen molar-refractivity contribution in [1.29, 1.82) is 0 Å². The number of aliphatic carboxylic acids is 1. The summed E-state index contributed by atoms with van der Waals surface area (Å²) in [6, 6.07) is 3.27. The van der Waals surface area contributed by atoms with E-state index in [-0.39, 0.29) is 22.3 Å². The molecule has 1 heterocycles. The van der Waals surface area contributed by atoms with Crippen LogP contribution in [-0.4, -0.2) is 26.1 Å². The number of hydrogen-bond acceptors (Lipinski definition) is 3. The van der Waals surface area contributed by atoms with Crippen LogP contribution in [-0.2, 0) is 17.4 Å². The Morgan fingerprint density at radius 2 is 2.05 bits per heavy atom. The minimum absolute atomic E-state index is 0.135. The van der Waals surface area contributed by atoms with E-state index in [4.69, 9.17) is 5.11 Å². The summed E-state index contributed by atoms with van der Waals surface area (Å²) in [5.41, 5.74) is -0.543. The molecule has 0 amide bonds. The Balaban J connectivity index is 2.40. The van der Waals surface area contributed by atoms with Crippen molar-refractivity contribution in [3.05, 3.63) is 40.1 Å². The smallest absolute Gasteiger partial charge is 0.416 e. The van der Waals surface area contributed by atoms with Gasteiger partial charge in [-0.15, -0.1) is 5.10 Å². The molecular weight excluding hydrogens is 343 g/mol. The Bertz CT molecular complexity index is 655. The molecule has 0 spiro atoms. The van der Waals surface area contributed by atoms with Crippen LogP contribution < -0.4 is 0 Å². The minimum atomic E-state index is -4.48. The van der Waals surface area contributed by atoms with Crippen LogP contribution in [0.5, 0.6) is 0 Å². The van der Waals surface area contributed by atoms with Crippen molar-refractivity contribution >= 4 is 21.9 Å². The summed E-state index contributed by atoms with van der Waals surface area (Å²) in [6.45, 7) is 0. The summed E-state index contributed by atoms with van der Waals surface area (Å²) in [7, 11) is 0. The first-order valence-electron chi connectivity index (χ1n) is 5.27. The Hall–Kier alpha value is -1.90. The van der Waals surface area contributed by atoms with Gasteiger partial charge in [-0.3, -0.25) is 4.79 Å². The van der Waals surface area contributed by atoms with E-state index >= 15 is 0 Å². The summed E-state index contributed by atoms with van der Waals surface area (Å²) in [4.78, 5) is 10.5. The SMILES string of the molecule is O=C(O)Cc1cn(-c2cc(Br)cc(C(F)(F)F)c2)nn1. The number of halogens is 4. The van der Waals surface area contributed by atoms with Crippen molar-refractivity contribution < 1.29 is 23.1 Å². The molecule has 0 unspecified atom stereocenters. The molecule has 0 aliphatic carbocycles. The zero-order valence-corrected chi connectivity index (χ0v) is 11.3. The zero-order chi connectivity index (χ0) is 14.9. The Labute approximate surface area is 119 Å². The highest BCUT2D eigenvalue weighted by Crippen LogP contribution is 2.32. The molecule has 0 saturated carbocycles. The van der Waals surface area contributed by atoms with Crippen LogP contribution in [0.25, 0.3) is 5.69 Å². The Morgan fingerprint density at radius 3 is 2.65 bits per heavy atom. The summed E-state index contributed by atoms with van der Waals surface area (Å²) in [5, 5.41) is 15.8. The highest BCUT2D eigenvalue weighted by atomic mass is 79.9. The van der Waals surface area contributed by atoms with Crippen LogP contribution >= 0.6 is 15.9 Å². The van der Waals surface area contributed by atoms with Crippen molar-refractivity contribution in [3.63, 3.8) is 0 Å². The molecule has 20 heavy (non-hydrogen) atoms. The number of carboxylic acid groups (broad SMARTS) is 1. The van der Waals surface area contributed by atoms with Gasteiger partial charge < -0.3 is 5.11 Å². The lowest BCUT2D eigenvalue weighted by Gasteiger charge is -2.09. The summed E-state index contributed by atoms with van der Waals surface area (Å²) >= 11 is 2.99. The topological polar surface area (TPSA) is 68.0 Å². The zero-order valence-electron chi connectivity index (χ0n) is 9.73. The summed E-state index contributed by atoms with van der Waals surface area (Å²) in [6.07, 6.45) is -3.56. The van der Waals surface area contributed by atoms with E-state index < -0.39 is 17.7 Å². The molecule has 2 aromatic rings. The third-order valence-corrected chi connectivity index (χ3v) is 2.81. The average molecular weight is 350 g/mol. The van der Waals surface area contributed by atoms with Gasteiger partial charge in [0.15, 0.2) is 0 Å². The lowest BCUT2D eigenvalue weighted by molar-refractivity contribution is -0.138. The van der Waals surface area contributed by atoms with E-state index in [0.717, 1.165) is 16.8 Å². The van der Waals surface area contributed by atoms with Gasteiger partial charge in [-0.1, -0.05) is 21.1 Å². The first-order chi connectivity index (χ1) is 9.25. The van der Waals surface area contributed by atoms with Gasteiger partial charge in [0.2, 0.25) is 0 Å². The predicted octanol–water partition coefficient (Wildman–Crippen LogP) is 2.68. The van der Waals surface area contributed by atoms with Gasteiger partial charge in [-0.05, 0) is 18.2 Å². The van der Waals surface area contributed by atoms with Gasteiger partial charge in [-0.25, -0.2) is 4.68 Å². The van der Waals surface area contributed by atoms with Crippen molar-refractivity contribution in [2.45, 2.75) is 12.6 Å². The molecular formula is C11H7BrF3N3O2. The molecule has 0 bridgehead atoms. The number of hydrogen-bond donors (Lipinski definition) is 1. The Kier molecular flexibility index (Phi) is 3.80. The number of benzene rings is 1. The van der Waals surface area contributed by atoms with Crippen LogP contribution in [0, 0.1) is 0 Å². The maximum Gasteiger partial charge on any atom is 0.416 e. The van der Waals surface area contributed by atoms with E-state index in [0.29, 0.717) is 0 Å². The van der Waals surface area contributed by atoms with Crippen LogP contribution in [0.1, 0.15) is 11.3 Å². The molecule has 1 aromatic carbocycles. The predicted molar refractivity (Wildman–Crippen MR) is 65.4 cm³/mol. The second-order valence-electron chi connectivity index (χ2n) is 3.92. The molecule has 1 aromatic heterocycles. The molecule has 5 nitrogen and oxygen atoms in total. The van der Waals surface area contributed by atoms with Crippen molar-refractivity contribution in [3.8, 4) is 5.69 Å². The molecule has 1 N–H and O–H groups in total. The first kappa shape index (κ1) is 14.5. The number of alkyl halides is 3. The van der Waals surface area contributed by atoms with Gasteiger partial charge in [0.25, 0.3) is 0 Å². The van der Waals surface area contributed by atoms with E-state index in [1.807, 2.05) is 0 Å². The second-order valence-corrected chi connectivity index (χ2v) is 4.84. The number of nitrogens with zero attached hydrogens (tertiary/aromatic N) is 3. The lowest BCUT2D eigenvalue weighted by atomic mass is 10.2. The highest BCUT2D eigenvalue weighted by molar-refractivity contribution is 9.10. The number of aromatic nitrogens is 3. The fourth-order valence-electron chi connectivity index (χ4n) is 1.53. The Morgan fingerprint density at radius 1 is 1.35 bits per heavy atom. The molecule has 0 saturated heterocycles. The summed E-state index contributed by atoms with van der Waals surface area (Å²) < 4.78 is 39.4. The quantitative estimate of drug-likeness (QED) is 0.924. The van der Waals surface area contributed by atoms with Gasteiger partial charge in [-0.2, -0.15) is 13.2 Å². The van der Waals surface area contributed by atoms with E-state index in [1.165, 1.54) is 12.3 Å². The minimum Gasteiger partial charge on any atom is -0.481 e. The van der Waals surface area contributed by atoms with Crippen molar-refractivity contribution in [1.82, 2.24) is 15.0 Å². The van der Waals surface area contributed by atoms with Crippen molar-refractivity contribution in [2.75, 3.05) is 0 Å².